The number of hydrogen-bond donors (Lipinski definition) is 2. The van der Waals surface area contributed by atoms with Crippen LogP contribution in [-0.4, -0.2) is 89.1 Å². The number of ether oxygens (including phenoxy) is 2. The monoisotopic (exact) mass is 1100 g/mol. The minimum absolute atomic E-state index is 0.0282. The van der Waals surface area contributed by atoms with E-state index < -0.39 is 24.0 Å². The number of carbonyl (C=O) groups excluding carboxylic acids is 9. The van der Waals surface area contributed by atoms with Crippen LogP contribution in [0.5, 0.6) is 0 Å². The van der Waals surface area contributed by atoms with E-state index in [1.54, 1.807) is 6.08 Å². The Morgan fingerprint density at radius 1 is 0.500 bits per heavy atom. The molecule has 0 bridgehead atoms. The standard InChI is InChI=1S/2C23H32O4.C21H28O5/c2*1-14(24)27-13-21(26)20-7-6-18-17-5-4-15-12-16(25)8-10-22(15,2)19(17)9-11-23(18,20)3;1-20-7-6-13(24)8-12(20)2-3-14-15-4-5-16(18(26)10-22)21(15,11-23)9-17(25)19(14)20/h2*12,17-20H,4-11,13H2,1-3H3;8,11,14-17,19,22,25H,2-7,9-10H2,1H3/t2*17-,18-,19-,20+,22-,23-;14-,15-,16+,17-,19+,20-,21+/m000/s1. The maximum absolute atomic E-state index is 12.8. The lowest BCUT2D eigenvalue weighted by molar-refractivity contribution is -0.157. The Kier molecular flexibility index (Phi) is 16.3. The van der Waals surface area contributed by atoms with Gasteiger partial charge in [-0.1, -0.05) is 51.3 Å². The summed E-state index contributed by atoms with van der Waals surface area (Å²) >= 11 is 0. The number of rotatable bonds is 9. The van der Waals surface area contributed by atoms with Crippen LogP contribution >= 0.6 is 0 Å². The lowest BCUT2D eigenvalue weighted by atomic mass is 9.45. The zero-order valence-electron chi connectivity index (χ0n) is 49.1. The summed E-state index contributed by atoms with van der Waals surface area (Å²) < 4.78 is 10.0. The van der Waals surface area contributed by atoms with Crippen molar-refractivity contribution in [2.24, 2.45) is 104 Å². The Morgan fingerprint density at radius 2 is 0.900 bits per heavy atom. The van der Waals surface area contributed by atoms with E-state index in [-0.39, 0.29) is 105 Å². The van der Waals surface area contributed by atoms with Crippen LogP contribution < -0.4 is 0 Å². The number of fused-ring (bicyclic) bond motifs is 15. The number of allylic oxidation sites excluding steroid dienone is 3. The van der Waals surface area contributed by atoms with Crippen LogP contribution in [0.15, 0.2) is 34.9 Å². The van der Waals surface area contributed by atoms with Crippen molar-refractivity contribution in [3.05, 3.63) is 34.9 Å². The molecule has 0 saturated heterocycles. The van der Waals surface area contributed by atoms with E-state index in [1.165, 1.54) is 25.0 Å². The molecule has 13 heteroatoms. The van der Waals surface area contributed by atoms with Crippen molar-refractivity contribution < 1.29 is 62.8 Å². The highest BCUT2D eigenvalue weighted by molar-refractivity contribution is 5.93. The number of ketones is 6. The second-order valence-corrected chi connectivity index (χ2v) is 28.9. The molecule has 12 aliphatic carbocycles. The number of aldehydes is 1. The second-order valence-electron chi connectivity index (χ2n) is 28.9. The summed E-state index contributed by atoms with van der Waals surface area (Å²) in [4.78, 5) is 108. The SMILES string of the molecule is CC(=O)OCC(=O)[C@H]1CC[C@H]2[C@@H]3CCC4=CC(=O)CC[C@]4(C)[C@H]3CC[C@]12C.CC(=O)OCC(=O)[C@H]1CC[C@H]2[C@@H]3CCC4=CC(=O)CC[C@]4(C)[C@H]3CC[C@]12C.C[C@]12CCC(=O)C=C1CC[C@@H]1[C@@H]2[C@@H](O)C[C@]2(C=O)[C@@H](C(=O)CO)CC[C@@H]12. The molecule has 0 aromatic carbocycles. The Morgan fingerprint density at radius 3 is 1.32 bits per heavy atom. The van der Waals surface area contributed by atoms with Crippen LogP contribution in [0.2, 0.25) is 0 Å². The summed E-state index contributed by atoms with van der Waals surface area (Å²) in [6, 6.07) is 0. The molecule has 9 fully saturated rings. The van der Waals surface area contributed by atoms with Gasteiger partial charge in [0, 0.05) is 56.3 Å². The lowest BCUT2D eigenvalue weighted by Crippen LogP contribution is -2.58. The molecule has 0 unspecified atom stereocenters. The van der Waals surface area contributed by atoms with Crippen molar-refractivity contribution in [1.29, 1.82) is 0 Å². The van der Waals surface area contributed by atoms with E-state index in [9.17, 15) is 53.4 Å². The molecule has 0 aliphatic heterocycles. The molecular weight excluding hydrogens is 1010 g/mol. The van der Waals surface area contributed by atoms with Crippen molar-refractivity contribution in [3.8, 4) is 0 Å². The van der Waals surface area contributed by atoms with E-state index in [2.05, 4.69) is 34.6 Å². The van der Waals surface area contributed by atoms with Gasteiger partial charge in [-0.3, -0.25) is 38.4 Å². The summed E-state index contributed by atoms with van der Waals surface area (Å²) in [6.45, 7) is 13.6. The smallest absolute Gasteiger partial charge is 0.303 e. The molecule has 0 radical (unpaired) electrons. The Bertz CT molecular complexity index is 2540. The second kappa shape index (κ2) is 22.1. The minimum atomic E-state index is -0.831. The van der Waals surface area contributed by atoms with E-state index in [4.69, 9.17) is 9.47 Å². The largest absolute Gasteiger partial charge is 0.458 e. The fourth-order valence-corrected chi connectivity index (χ4v) is 21.9. The number of aliphatic hydroxyl groups is 2. The van der Waals surface area contributed by atoms with E-state index in [1.807, 2.05) is 12.2 Å². The highest BCUT2D eigenvalue weighted by Gasteiger charge is 2.66. The number of esters is 2. The molecule has 13 nitrogen and oxygen atoms in total. The van der Waals surface area contributed by atoms with Gasteiger partial charge in [0.1, 0.15) is 26.1 Å². The molecule has 438 valence electrons. The fourth-order valence-electron chi connectivity index (χ4n) is 21.9. The summed E-state index contributed by atoms with van der Waals surface area (Å²) in [5.41, 5.74) is 3.37. The maximum atomic E-state index is 12.8. The van der Waals surface area contributed by atoms with Gasteiger partial charge in [0.15, 0.2) is 34.7 Å². The van der Waals surface area contributed by atoms with Gasteiger partial charge in [-0.2, -0.15) is 0 Å². The number of aliphatic hydroxyl groups excluding tert-OH is 2. The summed E-state index contributed by atoms with van der Waals surface area (Å²) in [6.07, 6.45) is 27.0. The Labute approximate surface area is 474 Å². The summed E-state index contributed by atoms with van der Waals surface area (Å²) in [5, 5.41) is 20.5. The first kappa shape index (κ1) is 58.9. The molecule has 0 heterocycles. The van der Waals surface area contributed by atoms with Gasteiger partial charge < -0.3 is 24.5 Å². The average Bonchev–Trinajstić information content (AvgIpc) is 4.24. The van der Waals surface area contributed by atoms with E-state index in [0.717, 1.165) is 127 Å². The molecule has 12 rings (SSSR count). The van der Waals surface area contributed by atoms with Gasteiger partial charge in [0.05, 0.1) is 6.10 Å². The number of Topliss-reactive ketones (excluding diaryl/α,β-unsaturated/α-hetero) is 3. The van der Waals surface area contributed by atoms with Gasteiger partial charge >= 0.3 is 11.9 Å². The van der Waals surface area contributed by atoms with Gasteiger partial charge in [0.25, 0.3) is 0 Å². The van der Waals surface area contributed by atoms with Gasteiger partial charge in [0.2, 0.25) is 0 Å². The van der Waals surface area contributed by atoms with Crippen LogP contribution in [0.1, 0.15) is 196 Å². The molecule has 0 aromatic heterocycles. The Balaban J connectivity index is 0.000000135. The van der Waals surface area contributed by atoms with Gasteiger partial charge in [-0.05, 0) is 227 Å². The van der Waals surface area contributed by atoms with Gasteiger partial charge in [-0.15, -0.1) is 0 Å². The topological polar surface area (TPSA) is 213 Å². The van der Waals surface area contributed by atoms with Crippen LogP contribution in [-0.2, 0) is 52.6 Å². The van der Waals surface area contributed by atoms with Crippen LogP contribution in [0.3, 0.4) is 0 Å². The molecule has 19 atom stereocenters. The molecule has 2 N–H and O–H groups in total. The molecular formula is C67H92O13. The van der Waals surface area contributed by atoms with E-state index >= 15 is 0 Å². The van der Waals surface area contributed by atoms with E-state index in [0.29, 0.717) is 79.2 Å². The van der Waals surface area contributed by atoms with Crippen LogP contribution in [0.4, 0.5) is 0 Å². The maximum Gasteiger partial charge on any atom is 0.303 e. The first-order valence-electron chi connectivity index (χ1n) is 31.2. The van der Waals surface area contributed by atoms with Gasteiger partial charge in [-0.25, -0.2) is 0 Å². The third-order valence-electron chi connectivity index (χ3n) is 25.8. The van der Waals surface area contributed by atoms with Crippen LogP contribution in [0.25, 0.3) is 0 Å². The third kappa shape index (κ3) is 9.79. The quantitative estimate of drug-likeness (QED) is 0.163. The molecule has 80 heavy (non-hydrogen) atoms. The summed E-state index contributed by atoms with van der Waals surface area (Å²) in [5.74, 6) is 3.66. The van der Waals surface area contributed by atoms with Crippen LogP contribution in [0, 0.1) is 104 Å². The molecule has 0 aromatic rings. The normalized spacial score (nSPS) is 44.6. The predicted octanol–water partition coefficient (Wildman–Crippen LogP) is 10.4. The molecule has 12 aliphatic rings. The fraction of sp³-hybridized carbons (Fsp3) is 0.776. The average molecular weight is 1110 g/mol. The predicted molar refractivity (Wildman–Crippen MR) is 298 cm³/mol. The number of hydrogen-bond acceptors (Lipinski definition) is 13. The highest BCUT2D eigenvalue weighted by atomic mass is 16.5. The van der Waals surface area contributed by atoms with Crippen molar-refractivity contribution in [2.75, 3.05) is 19.8 Å². The third-order valence-corrected chi connectivity index (χ3v) is 25.8. The molecule has 9 saturated carbocycles. The van der Waals surface area contributed by atoms with Crippen molar-refractivity contribution in [2.45, 2.75) is 202 Å². The highest BCUT2D eigenvalue weighted by Crippen LogP contribution is 2.70. The lowest BCUT2D eigenvalue weighted by Gasteiger charge is -2.59. The first-order valence-corrected chi connectivity index (χ1v) is 31.2. The van der Waals surface area contributed by atoms with Crippen molar-refractivity contribution >= 4 is 52.9 Å². The molecule has 0 spiro atoms. The summed E-state index contributed by atoms with van der Waals surface area (Å²) in [7, 11) is 0. The Hall–Kier alpha value is -4.23. The minimum Gasteiger partial charge on any atom is -0.458 e. The number of carbonyl (C=O) groups is 9. The van der Waals surface area contributed by atoms with Crippen molar-refractivity contribution in [3.63, 3.8) is 0 Å². The first-order chi connectivity index (χ1) is 37.9. The zero-order chi connectivity index (χ0) is 57.5. The zero-order valence-corrected chi connectivity index (χ0v) is 49.1. The molecule has 0 amide bonds. The van der Waals surface area contributed by atoms with Crippen molar-refractivity contribution in [1.82, 2.24) is 0 Å².